The molecule has 32 heavy (non-hydrogen) atoms. The molecule has 0 saturated heterocycles. The lowest BCUT2D eigenvalue weighted by Crippen LogP contribution is -2.37. The highest BCUT2D eigenvalue weighted by molar-refractivity contribution is 6.03. The minimum Gasteiger partial charge on any atom is -0.458 e. The van der Waals surface area contributed by atoms with Gasteiger partial charge in [-0.2, -0.15) is 0 Å². The summed E-state index contributed by atoms with van der Waals surface area (Å²) in [5.41, 5.74) is 0.645. The van der Waals surface area contributed by atoms with Gasteiger partial charge in [-0.15, -0.1) is 0 Å². The second kappa shape index (κ2) is 10.9. The molecule has 1 aromatic rings. The van der Waals surface area contributed by atoms with Crippen molar-refractivity contribution < 1.29 is 19.1 Å². The van der Waals surface area contributed by atoms with Crippen molar-refractivity contribution in [3.8, 4) is 0 Å². The molecule has 2 fully saturated rings. The summed E-state index contributed by atoms with van der Waals surface area (Å²) in [5, 5.41) is 0. The minimum absolute atomic E-state index is 0.0974. The first-order chi connectivity index (χ1) is 15.2. The van der Waals surface area contributed by atoms with E-state index in [-0.39, 0.29) is 12.2 Å². The zero-order valence-electron chi connectivity index (χ0n) is 20.8. The van der Waals surface area contributed by atoms with Gasteiger partial charge in [0.05, 0.1) is 11.1 Å². The molecule has 2 saturated carbocycles. The largest absolute Gasteiger partial charge is 0.458 e. The standard InChI is InChI=1S/C28H42O4/c1-17(2)21-13-11-19(5)15-25(21)31-27(29)23-9-7-8-10-24(23)28(30)32-26-16-20(6)12-14-22(26)18(3)4/h7-10,17-22,25-26H,11-16H2,1-6H3. The maximum Gasteiger partial charge on any atom is 0.339 e. The van der Waals surface area contributed by atoms with Crippen molar-refractivity contribution in [2.45, 2.75) is 92.3 Å². The molecule has 0 N–H and O–H groups in total. The lowest BCUT2D eigenvalue weighted by Gasteiger charge is -2.37. The van der Waals surface area contributed by atoms with Crippen LogP contribution in [0.25, 0.3) is 0 Å². The second-order valence-corrected chi connectivity index (χ2v) is 11.1. The summed E-state index contributed by atoms with van der Waals surface area (Å²) in [5.74, 6) is 1.94. The molecular formula is C28H42O4. The van der Waals surface area contributed by atoms with Crippen molar-refractivity contribution in [3.05, 3.63) is 35.4 Å². The van der Waals surface area contributed by atoms with Crippen molar-refractivity contribution in [1.82, 2.24) is 0 Å². The van der Waals surface area contributed by atoms with Crippen LogP contribution in [-0.2, 0) is 9.47 Å². The van der Waals surface area contributed by atoms with Gasteiger partial charge in [-0.1, -0.05) is 66.5 Å². The summed E-state index contributed by atoms with van der Waals surface area (Å²) in [4.78, 5) is 26.4. The Morgan fingerprint density at radius 3 is 1.44 bits per heavy atom. The minimum atomic E-state index is -0.403. The van der Waals surface area contributed by atoms with Gasteiger partial charge < -0.3 is 9.47 Å². The number of ether oxygens (including phenoxy) is 2. The van der Waals surface area contributed by atoms with Gasteiger partial charge in [-0.25, -0.2) is 9.59 Å². The van der Waals surface area contributed by atoms with E-state index < -0.39 is 11.9 Å². The first kappa shape index (κ1) is 24.8. The molecule has 0 radical (unpaired) electrons. The Kier molecular flexibility index (Phi) is 8.41. The Labute approximate surface area is 194 Å². The van der Waals surface area contributed by atoms with Gasteiger partial charge in [0.25, 0.3) is 0 Å². The molecule has 3 rings (SSSR count). The first-order valence-electron chi connectivity index (χ1n) is 12.7. The second-order valence-electron chi connectivity index (χ2n) is 11.1. The van der Waals surface area contributed by atoms with E-state index >= 15 is 0 Å². The van der Waals surface area contributed by atoms with Gasteiger partial charge in [0.2, 0.25) is 0 Å². The smallest absolute Gasteiger partial charge is 0.339 e. The average Bonchev–Trinajstić information content (AvgIpc) is 2.73. The molecule has 0 heterocycles. The molecular weight excluding hydrogens is 400 g/mol. The van der Waals surface area contributed by atoms with Gasteiger partial charge in [-0.3, -0.25) is 0 Å². The molecule has 0 spiro atoms. The monoisotopic (exact) mass is 442 g/mol. The molecule has 4 heteroatoms. The Hall–Kier alpha value is -1.84. The summed E-state index contributed by atoms with van der Waals surface area (Å²) in [6.45, 7) is 13.2. The highest BCUT2D eigenvalue weighted by Crippen LogP contribution is 2.37. The van der Waals surface area contributed by atoms with Gasteiger partial charge in [0, 0.05) is 0 Å². The molecule has 6 unspecified atom stereocenters. The molecule has 2 aliphatic rings. The van der Waals surface area contributed by atoms with E-state index in [1.807, 2.05) is 0 Å². The average molecular weight is 443 g/mol. The van der Waals surface area contributed by atoms with Crippen molar-refractivity contribution in [3.63, 3.8) is 0 Å². The van der Waals surface area contributed by atoms with E-state index in [0.29, 0.717) is 46.6 Å². The van der Waals surface area contributed by atoms with Crippen molar-refractivity contribution in [1.29, 1.82) is 0 Å². The van der Waals surface area contributed by atoms with Crippen LogP contribution < -0.4 is 0 Å². The highest BCUT2D eigenvalue weighted by Gasteiger charge is 2.36. The molecule has 2 aliphatic carbocycles. The van der Waals surface area contributed by atoms with Crippen molar-refractivity contribution >= 4 is 11.9 Å². The van der Waals surface area contributed by atoms with Crippen LogP contribution >= 0.6 is 0 Å². The Morgan fingerprint density at radius 1 is 0.719 bits per heavy atom. The van der Waals surface area contributed by atoms with Crippen LogP contribution in [0.3, 0.4) is 0 Å². The summed E-state index contributed by atoms with van der Waals surface area (Å²) >= 11 is 0. The summed E-state index contributed by atoms with van der Waals surface area (Å²) in [6.07, 6.45) is 6.09. The number of carbonyl (C=O) groups excluding carboxylic acids is 2. The van der Waals surface area contributed by atoms with Crippen molar-refractivity contribution in [2.75, 3.05) is 0 Å². The van der Waals surface area contributed by atoms with E-state index in [2.05, 4.69) is 41.5 Å². The summed E-state index contributed by atoms with van der Waals surface area (Å²) in [7, 11) is 0. The number of rotatable bonds is 6. The molecule has 6 atom stereocenters. The SMILES string of the molecule is CC1CCC(C(C)C)C(OC(=O)c2ccccc2C(=O)OC2CC(C)CCC2C(C)C)C1. The summed E-state index contributed by atoms with van der Waals surface area (Å²) < 4.78 is 12.1. The molecule has 1 aromatic carbocycles. The lowest BCUT2D eigenvalue weighted by molar-refractivity contribution is -0.0211. The molecule has 0 bridgehead atoms. The first-order valence-corrected chi connectivity index (χ1v) is 12.7. The van der Waals surface area contributed by atoms with E-state index in [1.165, 1.54) is 12.8 Å². The molecule has 0 amide bonds. The van der Waals surface area contributed by atoms with Crippen LogP contribution in [0.15, 0.2) is 24.3 Å². The van der Waals surface area contributed by atoms with E-state index in [4.69, 9.17) is 9.47 Å². The predicted octanol–water partition coefficient (Wildman–Crippen LogP) is 6.92. The Bertz CT molecular complexity index is 718. The topological polar surface area (TPSA) is 52.6 Å². The third kappa shape index (κ3) is 5.94. The number of hydrogen-bond donors (Lipinski definition) is 0. The maximum atomic E-state index is 13.2. The quantitative estimate of drug-likeness (QED) is 0.449. The zero-order chi connectivity index (χ0) is 23.4. The predicted molar refractivity (Wildman–Crippen MR) is 128 cm³/mol. The molecule has 0 aliphatic heterocycles. The van der Waals surface area contributed by atoms with Crippen LogP contribution in [-0.4, -0.2) is 24.1 Å². The van der Waals surface area contributed by atoms with Crippen LogP contribution in [0.4, 0.5) is 0 Å². The fraction of sp³-hybridized carbons (Fsp3) is 0.714. The summed E-state index contributed by atoms with van der Waals surface area (Å²) in [6, 6.07) is 6.96. The van der Waals surface area contributed by atoms with Gasteiger partial charge >= 0.3 is 11.9 Å². The van der Waals surface area contributed by atoms with Gasteiger partial charge in [0.1, 0.15) is 12.2 Å². The maximum absolute atomic E-state index is 13.2. The number of hydrogen-bond acceptors (Lipinski definition) is 4. The van der Waals surface area contributed by atoms with E-state index in [0.717, 1.165) is 25.7 Å². The lowest BCUT2D eigenvalue weighted by atomic mass is 9.75. The highest BCUT2D eigenvalue weighted by atomic mass is 16.6. The fourth-order valence-electron chi connectivity index (χ4n) is 5.74. The van der Waals surface area contributed by atoms with E-state index in [9.17, 15) is 9.59 Å². The third-order valence-corrected chi connectivity index (χ3v) is 7.81. The van der Waals surface area contributed by atoms with Crippen molar-refractivity contribution in [2.24, 2.45) is 35.5 Å². The number of esters is 2. The van der Waals surface area contributed by atoms with Crippen LogP contribution in [0.1, 0.15) is 101 Å². The van der Waals surface area contributed by atoms with Crippen LogP contribution in [0.5, 0.6) is 0 Å². The van der Waals surface area contributed by atoms with Crippen LogP contribution in [0, 0.1) is 35.5 Å². The molecule has 0 aromatic heterocycles. The number of benzene rings is 1. The van der Waals surface area contributed by atoms with Crippen LogP contribution in [0.2, 0.25) is 0 Å². The van der Waals surface area contributed by atoms with Gasteiger partial charge in [0.15, 0.2) is 0 Å². The Morgan fingerprint density at radius 2 is 1.09 bits per heavy atom. The Balaban J connectivity index is 1.75. The third-order valence-electron chi connectivity index (χ3n) is 7.81. The normalized spacial score (nSPS) is 30.9. The fourth-order valence-corrected chi connectivity index (χ4v) is 5.74. The van der Waals surface area contributed by atoms with E-state index in [1.54, 1.807) is 24.3 Å². The zero-order valence-corrected chi connectivity index (χ0v) is 20.8. The van der Waals surface area contributed by atoms with Gasteiger partial charge in [-0.05, 0) is 73.3 Å². The number of carbonyl (C=O) groups is 2. The molecule has 4 nitrogen and oxygen atoms in total. The molecule has 178 valence electrons.